The number of rotatable bonds is 5. The number of furan rings is 1. The van der Waals surface area contributed by atoms with E-state index in [2.05, 4.69) is 21.3 Å². The summed E-state index contributed by atoms with van der Waals surface area (Å²) in [6.45, 7) is 2.25. The summed E-state index contributed by atoms with van der Waals surface area (Å²) in [5.41, 5.74) is 1.08. The van der Waals surface area contributed by atoms with Crippen LogP contribution in [0.2, 0.25) is 0 Å². The number of ether oxygens (including phenoxy) is 1. The fraction of sp³-hybridized carbons (Fsp3) is 0.474. The minimum atomic E-state index is -0.356. The summed E-state index contributed by atoms with van der Waals surface area (Å²) in [4.78, 5) is 19.2. The van der Waals surface area contributed by atoms with Gasteiger partial charge in [0.2, 0.25) is 5.91 Å². The number of carbonyl (C=O) groups is 1. The van der Waals surface area contributed by atoms with Crippen LogP contribution in [-0.4, -0.2) is 40.6 Å². The van der Waals surface area contributed by atoms with Crippen molar-refractivity contribution in [2.45, 2.75) is 50.6 Å². The molecule has 1 N–H and O–H groups in total. The summed E-state index contributed by atoms with van der Waals surface area (Å²) in [7, 11) is 0. The molecule has 4 heterocycles. The van der Waals surface area contributed by atoms with E-state index in [1.54, 1.807) is 6.26 Å². The van der Waals surface area contributed by atoms with Crippen LogP contribution in [0.25, 0.3) is 0 Å². The quantitative estimate of drug-likeness (QED) is 0.902. The van der Waals surface area contributed by atoms with Crippen LogP contribution >= 0.6 is 0 Å². The Morgan fingerprint density at radius 2 is 2.20 bits per heavy atom. The van der Waals surface area contributed by atoms with Gasteiger partial charge in [0, 0.05) is 25.3 Å². The zero-order chi connectivity index (χ0) is 17.1. The second-order valence-electron chi connectivity index (χ2n) is 6.69. The number of nitrogens with one attached hydrogen (secondary N) is 1. The number of fused-ring (bicyclic) bond motifs is 1. The first-order valence-corrected chi connectivity index (χ1v) is 8.89. The molecule has 2 saturated heterocycles. The van der Waals surface area contributed by atoms with E-state index in [-0.39, 0.29) is 18.1 Å². The topological polar surface area (TPSA) is 67.6 Å². The van der Waals surface area contributed by atoms with Crippen molar-refractivity contribution in [3.05, 3.63) is 54.2 Å². The molecular weight excluding hydrogens is 318 g/mol. The molecule has 2 aliphatic heterocycles. The normalized spacial score (nSPS) is 26.3. The van der Waals surface area contributed by atoms with E-state index in [0.29, 0.717) is 12.6 Å². The van der Waals surface area contributed by atoms with Gasteiger partial charge in [0.1, 0.15) is 11.9 Å². The third-order valence-electron chi connectivity index (χ3n) is 5.06. The van der Waals surface area contributed by atoms with Crippen molar-refractivity contribution in [1.82, 2.24) is 15.2 Å². The molecule has 1 amide bonds. The number of carbonyl (C=O) groups excluding carboxylic acids is 1. The molecule has 0 aromatic carbocycles. The minimum absolute atomic E-state index is 0.0435. The first-order valence-electron chi connectivity index (χ1n) is 8.89. The van der Waals surface area contributed by atoms with E-state index < -0.39 is 0 Å². The van der Waals surface area contributed by atoms with Crippen LogP contribution in [0.5, 0.6) is 0 Å². The van der Waals surface area contributed by atoms with Gasteiger partial charge in [0.05, 0.1) is 24.6 Å². The van der Waals surface area contributed by atoms with Crippen molar-refractivity contribution in [2.75, 3.05) is 6.54 Å². The number of nitrogens with zero attached hydrogens (tertiary/aromatic N) is 2. The number of amides is 1. The highest BCUT2D eigenvalue weighted by Crippen LogP contribution is 2.32. The fourth-order valence-electron chi connectivity index (χ4n) is 3.80. The minimum Gasteiger partial charge on any atom is -0.467 e. The highest BCUT2D eigenvalue weighted by molar-refractivity contribution is 5.80. The van der Waals surface area contributed by atoms with Crippen molar-refractivity contribution in [2.24, 2.45) is 0 Å². The lowest BCUT2D eigenvalue weighted by molar-refractivity contribution is -0.144. The number of likely N-dealkylation sites (tertiary alicyclic amines) is 1. The molecule has 6 heteroatoms. The van der Waals surface area contributed by atoms with Crippen LogP contribution in [0.15, 0.2) is 47.2 Å². The number of pyridine rings is 1. The van der Waals surface area contributed by atoms with Crippen molar-refractivity contribution in [3.8, 4) is 0 Å². The van der Waals surface area contributed by atoms with Crippen LogP contribution in [0.1, 0.15) is 30.7 Å². The largest absolute Gasteiger partial charge is 0.467 e. The molecular formula is C19H23N3O3. The molecule has 4 rings (SSSR count). The van der Waals surface area contributed by atoms with Crippen LogP contribution in [0.4, 0.5) is 0 Å². The van der Waals surface area contributed by atoms with Gasteiger partial charge in [-0.25, -0.2) is 0 Å². The zero-order valence-corrected chi connectivity index (χ0v) is 14.1. The van der Waals surface area contributed by atoms with Crippen molar-refractivity contribution in [3.63, 3.8) is 0 Å². The van der Waals surface area contributed by atoms with Gasteiger partial charge in [-0.1, -0.05) is 6.07 Å². The molecule has 0 bridgehead atoms. The summed E-state index contributed by atoms with van der Waals surface area (Å²) >= 11 is 0. The molecule has 2 fully saturated rings. The lowest BCUT2D eigenvalue weighted by Crippen LogP contribution is -2.47. The predicted molar refractivity (Wildman–Crippen MR) is 91.5 cm³/mol. The maximum atomic E-state index is 12.4. The highest BCUT2D eigenvalue weighted by Gasteiger charge is 2.41. The average molecular weight is 341 g/mol. The van der Waals surface area contributed by atoms with Crippen molar-refractivity contribution in [1.29, 1.82) is 0 Å². The number of hydrogen-bond donors (Lipinski definition) is 1. The molecule has 6 nitrogen and oxygen atoms in total. The van der Waals surface area contributed by atoms with Crippen LogP contribution in [0, 0.1) is 0 Å². The number of aromatic nitrogens is 1. The predicted octanol–water partition coefficient (Wildman–Crippen LogP) is 2.11. The second-order valence-corrected chi connectivity index (χ2v) is 6.69. The first kappa shape index (κ1) is 16.3. The lowest BCUT2D eigenvalue weighted by atomic mass is 9.98. The summed E-state index contributed by atoms with van der Waals surface area (Å²) in [6, 6.07) is 10.1. The van der Waals surface area contributed by atoms with Gasteiger partial charge in [0.15, 0.2) is 0 Å². The van der Waals surface area contributed by atoms with E-state index in [0.717, 1.165) is 43.8 Å². The fourth-order valence-corrected chi connectivity index (χ4v) is 3.80. The molecule has 0 radical (unpaired) electrons. The summed E-state index contributed by atoms with van der Waals surface area (Å²) in [6.07, 6.45) is 5.93. The second kappa shape index (κ2) is 7.37. The van der Waals surface area contributed by atoms with Crippen LogP contribution in [0.3, 0.4) is 0 Å². The molecule has 2 aliphatic rings. The van der Waals surface area contributed by atoms with Crippen molar-refractivity contribution < 1.29 is 13.9 Å². The van der Waals surface area contributed by atoms with E-state index >= 15 is 0 Å². The van der Waals surface area contributed by atoms with Gasteiger partial charge in [-0.3, -0.25) is 14.7 Å². The van der Waals surface area contributed by atoms with Gasteiger partial charge >= 0.3 is 0 Å². The summed E-state index contributed by atoms with van der Waals surface area (Å²) in [5.74, 6) is 0.711. The summed E-state index contributed by atoms with van der Waals surface area (Å²) in [5, 5.41) is 2.90. The Balaban J connectivity index is 1.30. The van der Waals surface area contributed by atoms with Gasteiger partial charge in [-0.2, -0.15) is 0 Å². The molecule has 2 aromatic rings. The van der Waals surface area contributed by atoms with Gasteiger partial charge < -0.3 is 14.5 Å². The Kier molecular flexibility index (Phi) is 4.81. The summed E-state index contributed by atoms with van der Waals surface area (Å²) < 4.78 is 11.3. The Morgan fingerprint density at radius 3 is 3.00 bits per heavy atom. The standard InChI is InChI=1S/C19H23N3O3/c23-19(21-12-15-5-3-11-24-15)18-7-6-16-17(25-18)8-10-22(16)13-14-4-1-2-9-20-14/h1-5,9,11,16-18H,6-8,10,12-13H2,(H,21,23)/t16-,17-,18-/m1/s1. The van der Waals surface area contributed by atoms with E-state index in [1.807, 2.05) is 30.5 Å². The maximum absolute atomic E-state index is 12.4. The number of hydrogen-bond acceptors (Lipinski definition) is 5. The van der Waals surface area contributed by atoms with Crippen LogP contribution < -0.4 is 5.32 Å². The highest BCUT2D eigenvalue weighted by atomic mass is 16.5. The van der Waals surface area contributed by atoms with Gasteiger partial charge in [0.25, 0.3) is 0 Å². The van der Waals surface area contributed by atoms with E-state index in [9.17, 15) is 4.79 Å². The van der Waals surface area contributed by atoms with Gasteiger partial charge in [-0.15, -0.1) is 0 Å². The molecule has 0 aliphatic carbocycles. The average Bonchev–Trinajstić information content (AvgIpc) is 3.30. The van der Waals surface area contributed by atoms with E-state index in [4.69, 9.17) is 9.15 Å². The molecule has 0 spiro atoms. The molecule has 132 valence electrons. The smallest absolute Gasteiger partial charge is 0.249 e. The maximum Gasteiger partial charge on any atom is 0.249 e. The van der Waals surface area contributed by atoms with Crippen molar-refractivity contribution >= 4 is 5.91 Å². The molecule has 2 aromatic heterocycles. The molecule has 3 atom stereocenters. The molecule has 0 saturated carbocycles. The van der Waals surface area contributed by atoms with E-state index in [1.165, 1.54) is 0 Å². The zero-order valence-electron chi connectivity index (χ0n) is 14.1. The molecule has 0 unspecified atom stereocenters. The molecule has 25 heavy (non-hydrogen) atoms. The lowest BCUT2D eigenvalue weighted by Gasteiger charge is -2.35. The SMILES string of the molecule is O=C(NCc1ccco1)[C@H]1CC[C@@H]2[C@@H](CCN2Cc2ccccn2)O1. The first-order chi connectivity index (χ1) is 12.3. The van der Waals surface area contributed by atoms with Crippen LogP contribution in [-0.2, 0) is 22.6 Å². The Hall–Kier alpha value is -2.18. The third kappa shape index (κ3) is 3.75. The Morgan fingerprint density at radius 1 is 1.24 bits per heavy atom. The Bertz CT molecular complexity index is 689. The Labute approximate surface area is 147 Å². The monoisotopic (exact) mass is 341 g/mol. The van der Waals surface area contributed by atoms with Gasteiger partial charge in [-0.05, 0) is 43.5 Å². The third-order valence-corrected chi connectivity index (χ3v) is 5.06.